The third-order valence-corrected chi connectivity index (χ3v) is 3.56. The maximum atomic E-state index is 14.2. The Morgan fingerprint density at radius 1 is 1.28 bits per heavy atom. The first-order chi connectivity index (χ1) is 8.42. The molecule has 1 aromatic rings. The maximum absolute atomic E-state index is 14.2. The molecule has 1 aromatic carbocycles. The van der Waals surface area contributed by atoms with Gasteiger partial charge in [-0.2, -0.15) is 8.78 Å². The van der Waals surface area contributed by atoms with E-state index in [0.29, 0.717) is 6.54 Å². The van der Waals surface area contributed by atoms with Gasteiger partial charge in [0.15, 0.2) is 0 Å². The molecule has 0 aromatic heterocycles. The summed E-state index contributed by atoms with van der Waals surface area (Å²) in [4.78, 5) is 1.87. The van der Waals surface area contributed by atoms with Gasteiger partial charge < -0.3 is 5.32 Å². The Morgan fingerprint density at radius 3 is 2.56 bits per heavy atom. The SMILES string of the molecule is CC1(C)CNCCN1CC(F)(F)c1ccccc1. The van der Waals surface area contributed by atoms with Crippen molar-refractivity contribution in [2.75, 3.05) is 26.2 Å². The van der Waals surface area contributed by atoms with Crippen LogP contribution in [0.25, 0.3) is 0 Å². The molecule has 18 heavy (non-hydrogen) atoms. The monoisotopic (exact) mass is 254 g/mol. The van der Waals surface area contributed by atoms with Crippen molar-refractivity contribution >= 4 is 0 Å². The number of benzene rings is 1. The van der Waals surface area contributed by atoms with E-state index in [-0.39, 0.29) is 17.6 Å². The van der Waals surface area contributed by atoms with Gasteiger partial charge in [-0.3, -0.25) is 4.90 Å². The highest BCUT2D eigenvalue weighted by molar-refractivity contribution is 5.20. The molecule has 1 fully saturated rings. The van der Waals surface area contributed by atoms with E-state index >= 15 is 0 Å². The molecule has 1 N–H and O–H groups in total. The largest absolute Gasteiger partial charge is 0.314 e. The van der Waals surface area contributed by atoms with E-state index < -0.39 is 5.92 Å². The summed E-state index contributed by atoms with van der Waals surface area (Å²) in [6.07, 6.45) is 0. The number of piperazine rings is 1. The number of nitrogens with zero attached hydrogens (tertiary/aromatic N) is 1. The summed E-state index contributed by atoms with van der Waals surface area (Å²) in [6, 6.07) is 8.07. The molecule has 0 aliphatic carbocycles. The Balaban J connectivity index is 2.12. The second-order valence-corrected chi connectivity index (χ2v) is 5.48. The van der Waals surface area contributed by atoms with Crippen molar-refractivity contribution in [3.05, 3.63) is 35.9 Å². The topological polar surface area (TPSA) is 15.3 Å². The van der Waals surface area contributed by atoms with E-state index in [1.165, 1.54) is 12.1 Å². The average molecular weight is 254 g/mol. The van der Waals surface area contributed by atoms with Gasteiger partial charge >= 0.3 is 0 Å². The van der Waals surface area contributed by atoms with Crippen LogP contribution in [0.4, 0.5) is 8.78 Å². The zero-order valence-corrected chi connectivity index (χ0v) is 10.9. The molecule has 0 saturated carbocycles. The third kappa shape index (κ3) is 2.87. The minimum atomic E-state index is -2.80. The maximum Gasteiger partial charge on any atom is 0.285 e. The molecule has 1 heterocycles. The molecule has 2 nitrogen and oxygen atoms in total. The minimum Gasteiger partial charge on any atom is -0.314 e. The molecule has 1 aliphatic rings. The van der Waals surface area contributed by atoms with E-state index in [2.05, 4.69) is 5.32 Å². The predicted octanol–water partition coefficient (Wildman–Crippen LogP) is 2.46. The first-order valence-corrected chi connectivity index (χ1v) is 6.31. The van der Waals surface area contributed by atoms with E-state index in [0.717, 1.165) is 13.1 Å². The first-order valence-electron chi connectivity index (χ1n) is 6.31. The van der Waals surface area contributed by atoms with Crippen LogP contribution >= 0.6 is 0 Å². The lowest BCUT2D eigenvalue weighted by Gasteiger charge is -2.44. The Morgan fingerprint density at radius 2 is 1.94 bits per heavy atom. The molecule has 0 unspecified atom stereocenters. The minimum absolute atomic E-state index is 0.0966. The van der Waals surface area contributed by atoms with Crippen LogP contribution in [-0.2, 0) is 5.92 Å². The summed E-state index contributed by atoms with van der Waals surface area (Å²) < 4.78 is 28.4. The molecule has 4 heteroatoms. The number of hydrogen-bond acceptors (Lipinski definition) is 2. The number of halogens is 2. The van der Waals surface area contributed by atoms with Crippen molar-refractivity contribution in [3.8, 4) is 0 Å². The lowest BCUT2D eigenvalue weighted by molar-refractivity contribution is -0.0674. The lowest BCUT2D eigenvalue weighted by Crippen LogP contribution is -2.59. The quantitative estimate of drug-likeness (QED) is 0.891. The lowest BCUT2D eigenvalue weighted by atomic mass is 9.98. The smallest absolute Gasteiger partial charge is 0.285 e. The number of nitrogens with one attached hydrogen (secondary N) is 1. The molecule has 1 aliphatic heterocycles. The van der Waals surface area contributed by atoms with E-state index in [1.807, 2.05) is 18.7 Å². The summed E-state index contributed by atoms with van der Waals surface area (Å²) in [6.45, 7) is 5.97. The zero-order valence-electron chi connectivity index (χ0n) is 10.9. The molecular formula is C14H20F2N2. The summed E-state index contributed by atoms with van der Waals surface area (Å²) in [7, 11) is 0. The zero-order chi connectivity index (χ0) is 13.2. The van der Waals surface area contributed by atoms with Crippen molar-refractivity contribution in [1.82, 2.24) is 10.2 Å². The van der Waals surface area contributed by atoms with Crippen LogP contribution in [0.5, 0.6) is 0 Å². The normalized spacial score (nSPS) is 20.9. The number of rotatable bonds is 3. The highest BCUT2D eigenvalue weighted by atomic mass is 19.3. The summed E-state index contributed by atoms with van der Waals surface area (Å²) in [5, 5.41) is 3.24. The fourth-order valence-corrected chi connectivity index (χ4v) is 2.33. The molecule has 1 saturated heterocycles. The number of alkyl halides is 2. The van der Waals surface area contributed by atoms with Gasteiger partial charge in [-0.15, -0.1) is 0 Å². The average Bonchev–Trinajstić information content (AvgIpc) is 2.33. The predicted molar refractivity (Wildman–Crippen MR) is 68.9 cm³/mol. The second-order valence-electron chi connectivity index (χ2n) is 5.48. The van der Waals surface area contributed by atoms with Crippen LogP contribution in [0.15, 0.2) is 30.3 Å². The van der Waals surface area contributed by atoms with E-state index in [9.17, 15) is 8.78 Å². The van der Waals surface area contributed by atoms with Crippen LogP contribution in [0, 0.1) is 0 Å². The van der Waals surface area contributed by atoms with Crippen molar-refractivity contribution in [1.29, 1.82) is 0 Å². The highest BCUT2D eigenvalue weighted by Crippen LogP contribution is 2.31. The molecule has 0 amide bonds. The first kappa shape index (κ1) is 13.4. The van der Waals surface area contributed by atoms with Crippen molar-refractivity contribution in [2.24, 2.45) is 0 Å². The van der Waals surface area contributed by atoms with Gasteiger partial charge in [0.05, 0.1) is 6.54 Å². The van der Waals surface area contributed by atoms with Gasteiger partial charge in [-0.1, -0.05) is 30.3 Å². The molecule has 0 spiro atoms. The van der Waals surface area contributed by atoms with Gasteiger partial charge in [0.2, 0.25) is 0 Å². The Labute approximate surface area is 107 Å². The Hall–Kier alpha value is -1.00. The fourth-order valence-electron chi connectivity index (χ4n) is 2.33. The number of hydrogen-bond donors (Lipinski definition) is 1. The van der Waals surface area contributed by atoms with Crippen LogP contribution in [0.1, 0.15) is 19.4 Å². The summed E-state index contributed by atoms with van der Waals surface area (Å²) in [5.74, 6) is -2.80. The molecule has 100 valence electrons. The second kappa shape index (κ2) is 4.94. The van der Waals surface area contributed by atoms with Crippen LogP contribution in [0.2, 0.25) is 0 Å². The Kier molecular flexibility index (Phi) is 3.69. The standard InChI is InChI=1S/C14H20F2N2/c1-13(2)10-17-8-9-18(13)11-14(15,16)12-6-4-3-5-7-12/h3-7,17H,8-11H2,1-2H3. The van der Waals surface area contributed by atoms with Crippen LogP contribution in [-0.4, -0.2) is 36.6 Å². The van der Waals surface area contributed by atoms with Crippen molar-refractivity contribution < 1.29 is 8.78 Å². The van der Waals surface area contributed by atoms with Gasteiger partial charge in [-0.05, 0) is 13.8 Å². The Bertz CT molecular complexity index is 390. The third-order valence-electron chi connectivity index (χ3n) is 3.56. The van der Waals surface area contributed by atoms with Gasteiger partial charge in [0.25, 0.3) is 5.92 Å². The molecule has 0 atom stereocenters. The van der Waals surface area contributed by atoms with Crippen molar-refractivity contribution in [2.45, 2.75) is 25.3 Å². The van der Waals surface area contributed by atoms with Gasteiger partial charge in [0.1, 0.15) is 0 Å². The van der Waals surface area contributed by atoms with Crippen LogP contribution < -0.4 is 5.32 Å². The van der Waals surface area contributed by atoms with Crippen LogP contribution in [0.3, 0.4) is 0 Å². The summed E-state index contributed by atoms with van der Waals surface area (Å²) >= 11 is 0. The highest BCUT2D eigenvalue weighted by Gasteiger charge is 2.39. The van der Waals surface area contributed by atoms with E-state index in [4.69, 9.17) is 0 Å². The van der Waals surface area contributed by atoms with E-state index in [1.54, 1.807) is 18.2 Å². The van der Waals surface area contributed by atoms with Gasteiger partial charge in [-0.25, -0.2) is 0 Å². The summed E-state index contributed by atoms with van der Waals surface area (Å²) in [5.41, 5.74) is -0.129. The molecule has 0 radical (unpaired) electrons. The van der Waals surface area contributed by atoms with Crippen molar-refractivity contribution in [3.63, 3.8) is 0 Å². The molecule has 2 rings (SSSR count). The fraction of sp³-hybridized carbons (Fsp3) is 0.571. The van der Waals surface area contributed by atoms with Gasteiger partial charge in [0, 0.05) is 30.7 Å². The molecule has 0 bridgehead atoms. The molecular weight excluding hydrogens is 234 g/mol.